The molecule has 0 bridgehead atoms. The summed E-state index contributed by atoms with van der Waals surface area (Å²) in [5.41, 5.74) is 0. The Morgan fingerprint density at radius 3 is 3.06 bits per heavy atom. The maximum absolute atomic E-state index is 8.72. The van der Waals surface area contributed by atoms with Gasteiger partial charge in [-0.05, 0) is 19.1 Å². The van der Waals surface area contributed by atoms with Gasteiger partial charge in [-0.15, -0.1) is 29.5 Å². The summed E-state index contributed by atoms with van der Waals surface area (Å²) in [4.78, 5) is 1.98. The molecule has 0 fully saturated rings. The fourth-order valence-electron chi connectivity index (χ4n) is 1.22. The molecular formula is C12H14N2S2. The standard InChI is InChI=1S/C12H14N2S2/c1-3-7-15-8-6-14-10(2)12-5-4-11(9-13)16-12/h1,4-5,10,14H,6-8H2,2H3. The zero-order valence-corrected chi connectivity index (χ0v) is 10.8. The van der Waals surface area contributed by atoms with Gasteiger partial charge in [-0.1, -0.05) is 5.92 Å². The van der Waals surface area contributed by atoms with Gasteiger partial charge in [0.2, 0.25) is 0 Å². The predicted molar refractivity (Wildman–Crippen MR) is 71.6 cm³/mol. The first-order valence-corrected chi connectivity index (χ1v) is 6.99. The molecule has 4 heteroatoms. The van der Waals surface area contributed by atoms with E-state index in [-0.39, 0.29) is 0 Å². The average Bonchev–Trinajstić information content (AvgIpc) is 2.77. The van der Waals surface area contributed by atoms with Crippen molar-refractivity contribution in [2.75, 3.05) is 18.1 Å². The van der Waals surface area contributed by atoms with Gasteiger partial charge in [-0.3, -0.25) is 0 Å². The molecular weight excluding hydrogens is 236 g/mol. The van der Waals surface area contributed by atoms with Crippen molar-refractivity contribution in [3.63, 3.8) is 0 Å². The summed E-state index contributed by atoms with van der Waals surface area (Å²) < 4.78 is 0. The lowest BCUT2D eigenvalue weighted by molar-refractivity contribution is 0.610. The van der Waals surface area contributed by atoms with Crippen LogP contribution in [0.5, 0.6) is 0 Å². The number of terminal acetylenes is 1. The minimum atomic E-state index is 0.304. The van der Waals surface area contributed by atoms with E-state index in [1.165, 1.54) is 4.88 Å². The smallest absolute Gasteiger partial charge is 0.110 e. The first-order chi connectivity index (χ1) is 7.77. The maximum Gasteiger partial charge on any atom is 0.110 e. The van der Waals surface area contributed by atoms with Crippen molar-refractivity contribution in [1.82, 2.24) is 5.32 Å². The Morgan fingerprint density at radius 1 is 1.62 bits per heavy atom. The highest BCUT2D eigenvalue weighted by atomic mass is 32.2. The van der Waals surface area contributed by atoms with Gasteiger partial charge >= 0.3 is 0 Å². The van der Waals surface area contributed by atoms with Crippen LogP contribution in [0.4, 0.5) is 0 Å². The maximum atomic E-state index is 8.72. The second kappa shape index (κ2) is 7.35. The van der Waals surface area contributed by atoms with Crippen LogP contribution < -0.4 is 5.32 Å². The van der Waals surface area contributed by atoms with Crippen molar-refractivity contribution in [1.29, 1.82) is 5.26 Å². The highest BCUT2D eigenvalue weighted by Gasteiger charge is 2.07. The monoisotopic (exact) mass is 250 g/mol. The largest absolute Gasteiger partial charge is 0.309 e. The summed E-state index contributed by atoms with van der Waals surface area (Å²) in [6.45, 7) is 3.05. The molecule has 16 heavy (non-hydrogen) atoms. The fraction of sp³-hybridized carbons (Fsp3) is 0.417. The van der Waals surface area contributed by atoms with E-state index in [4.69, 9.17) is 11.7 Å². The van der Waals surface area contributed by atoms with E-state index < -0.39 is 0 Å². The lowest BCUT2D eigenvalue weighted by Gasteiger charge is -2.11. The Morgan fingerprint density at radius 2 is 2.44 bits per heavy atom. The molecule has 1 rings (SSSR count). The van der Waals surface area contributed by atoms with E-state index in [0.717, 1.165) is 22.9 Å². The van der Waals surface area contributed by atoms with Crippen molar-refractivity contribution in [2.45, 2.75) is 13.0 Å². The topological polar surface area (TPSA) is 35.8 Å². The molecule has 0 aliphatic carbocycles. The molecule has 1 heterocycles. The molecule has 0 aliphatic rings. The van der Waals surface area contributed by atoms with E-state index in [1.807, 2.05) is 12.1 Å². The number of nitrogens with one attached hydrogen (secondary N) is 1. The van der Waals surface area contributed by atoms with Gasteiger partial charge in [0.25, 0.3) is 0 Å². The second-order valence-corrected chi connectivity index (χ2v) is 5.47. The normalized spacial score (nSPS) is 11.7. The number of hydrogen-bond donors (Lipinski definition) is 1. The Hall–Kier alpha value is -0.940. The minimum Gasteiger partial charge on any atom is -0.309 e. The van der Waals surface area contributed by atoms with E-state index in [1.54, 1.807) is 23.1 Å². The van der Waals surface area contributed by atoms with Crippen molar-refractivity contribution < 1.29 is 0 Å². The Bertz CT molecular complexity index is 398. The third-order valence-electron chi connectivity index (χ3n) is 2.05. The van der Waals surface area contributed by atoms with Gasteiger partial charge in [0, 0.05) is 23.2 Å². The zero-order chi connectivity index (χ0) is 11.8. The molecule has 0 saturated heterocycles. The number of nitrogens with zero attached hydrogens (tertiary/aromatic N) is 1. The Labute approximate surface area is 105 Å². The molecule has 0 aromatic carbocycles. The number of hydrogen-bond acceptors (Lipinski definition) is 4. The van der Waals surface area contributed by atoms with Crippen LogP contribution in [-0.4, -0.2) is 18.1 Å². The molecule has 0 aliphatic heterocycles. The molecule has 0 amide bonds. The van der Waals surface area contributed by atoms with E-state index >= 15 is 0 Å². The van der Waals surface area contributed by atoms with E-state index in [9.17, 15) is 0 Å². The number of thioether (sulfide) groups is 1. The summed E-state index contributed by atoms with van der Waals surface area (Å²) in [5, 5.41) is 12.1. The molecule has 0 radical (unpaired) electrons. The summed E-state index contributed by atoms with van der Waals surface area (Å²) in [7, 11) is 0. The van der Waals surface area contributed by atoms with E-state index in [2.05, 4.69) is 24.2 Å². The first kappa shape index (κ1) is 13.1. The van der Waals surface area contributed by atoms with Crippen LogP contribution in [0.2, 0.25) is 0 Å². The first-order valence-electron chi connectivity index (χ1n) is 5.02. The van der Waals surface area contributed by atoms with Crippen molar-refractivity contribution >= 4 is 23.1 Å². The minimum absolute atomic E-state index is 0.304. The van der Waals surface area contributed by atoms with Crippen LogP contribution in [0.15, 0.2) is 12.1 Å². The molecule has 0 spiro atoms. The van der Waals surface area contributed by atoms with Gasteiger partial charge in [0.15, 0.2) is 0 Å². The summed E-state index contributed by atoms with van der Waals surface area (Å²) in [6.07, 6.45) is 5.16. The molecule has 1 N–H and O–H groups in total. The van der Waals surface area contributed by atoms with Gasteiger partial charge in [-0.2, -0.15) is 5.26 Å². The lowest BCUT2D eigenvalue weighted by Crippen LogP contribution is -2.20. The lowest BCUT2D eigenvalue weighted by atomic mass is 10.3. The highest BCUT2D eigenvalue weighted by molar-refractivity contribution is 7.99. The van der Waals surface area contributed by atoms with Crippen molar-refractivity contribution in [2.24, 2.45) is 0 Å². The van der Waals surface area contributed by atoms with Gasteiger partial charge in [0.1, 0.15) is 10.9 Å². The average molecular weight is 250 g/mol. The van der Waals surface area contributed by atoms with Gasteiger partial charge < -0.3 is 5.32 Å². The summed E-state index contributed by atoms with van der Waals surface area (Å²) in [5.74, 6) is 4.39. The molecule has 1 atom stereocenters. The predicted octanol–water partition coefficient (Wildman–Crippen LogP) is 2.64. The Balaban J connectivity index is 2.28. The molecule has 2 nitrogen and oxygen atoms in total. The summed E-state index contributed by atoms with van der Waals surface area (Å²) in [6, 6.07) is 6.33. The molecule has 0 saturated carbocycles. The highest BCUT2D eigenvalue weighted by Crippen LogP contribution is 2.22. The van der Waals surface area contributed by atoms with Crippen LogP contribution in [0.1, 0.15) is 22.7 Å². The number of nitriles is 1. The molecule has 84 valence electrons. The van der Waals surface area contributed by atoms with Crippen LogP contribution in [-0.2, 0) is 0 Å². The number of rotatable bonds is 6. The molecule has 1 unspecified atom stereocenters. The Kier molecular flexibility index (Phi) is 6.03. The van der Waals surface area contributed by atoms with Crippen LogP contribution >= 0.6 is 23.1 Å². The van der Waals surface area contributed by atoms with Crippen molar-refractivity contribution in [3.8, 4) is 18.4 Å². The van der Waals surface area contributed by atoms with Crippen LogP contribution in [0.25, 0.3) is 0 Å². The fourth-order valence-corrected chi connectivity index (χ4v) is 2.58. The van der Waals surface area contributed by atoms with Gasteiger partial charge in [-0.25, -0.2) is 0 Å². The van der Waals surface area contributed by atoms with E-state index in [0.29, 0.717) is 6.04 Å². The quantitative estimate of drug-likeness (QED) is 0.623. The van der Waals surface area contributed by atoms with Crippen LogP contribution in [0, 0.1) is 23.7 Å². The van der Waals surface area contributed by atoms with Crippen molar-refractivity contribution in [3.05, 3.63) is 21.9 Å². The molecule has 1 aromatic heterocycles. The third-order valence-corrected chi connectivity index (χ3v) is 4.08. The summed E-state index contributed by atoms with van der Waals surface area (Å²) >= 11 is 3.30. The van der Waals surface area contributed by atoms with Crippen LogP contribution in [0.3, 0.4) is 0 Å². The zero-order valence-electron chi connectivity index (χ0n) is 9.19. The van der Waals surface area contributed by atoms with Gasteiger partial charge in [0.05, 0.1) is 5.75 Å². The molecule has 1 aromatic rings. The number of thiophene rings is 1. The SMILES string of the molecule is C#CCSCCNC(C)c1ccc(C#N)s1. The third kappa shape index (κ3) is 4.28. The second-order valence-electron chi connectivity index (χ2n) is 3.25.